The number of aromatic nitrogens is 2. The SMILES string of the molecule is NC(Cc1cnc[nH]1)C(=O)NCC(=O)N1CCCC1C(=O)N1CCCC1C(=O)O. The lowest BCUT2D eigenvalue weighted by atomic mass is 10.1. The van der Waals surface area contributed by atoms with Crippen molar-refractivity contribution in [2.75, 3.05) is 19.6 Å². The van der Waals surface area contributed by atoms with Gasteiger partial charge < -0.3 is 30.9 Å². The number of imidazole rings is 1. The maximum absolute atomic E-state index is 12.9. The van der Waals surface area contributed by atoms with Gasteiger partial charge in [-0.2, -0.15) is 0 Å². The molecule has 1 aromatic heterocycles. The summed E-state index contributed by atoms with van der Waals surface area (Å²) in [7, 11) is 0. The van der Waals surface area contributed by atoms with E-state index in [9.17, 15) is 24.3 Å². The Bertz CT molecular complexity index is 767. The van der Waals surface area contributed by atoms with E-state index in [1.165, 1.54) is 16.1 Å². The summed E-state index contributed by atoms with van der Waals surface area (Å²) < 4.78 is 0. The molecule has 0 saturated carbocycles. The van der Waals surface area contributed by atoms with Crippen LogP contribution in [0.4, 0.5) is 0 Å². The summed E-state index contributed by atoms with van der Waals surface area (Å²) in [4.78, 5) is 58.5. The van der Waals surface area contributed by atoms with Crippen LogP contribution < -0.4 is 11.1 Å². The van der Waals surface area contributed by atoms with Gasteiger partial charge in [-0.15, -0.1) is 0 Å². The highest BCUT2D eigenvalue weighted by atomic mass is 16.4. The van der Waals surface area contributed by atoms with Crippen molar-refractivity contribution in [2.45, 2.75) is 50.2 Å². The molecule has 0 aliphatic carbocycles. The third kappa shape index (κ3) is 4.73. The number of carboxylic acid groups (broad SMARTS) is 1. The predicted molar refractivity (Wildman–Crippen MR) is 100 cm³/mol. The topological polar surface area (TPSA) is 162 Å². The van der Waals surface area contributed by atoms with Crippen LogP contribution in [-0.4, -0.2) is 86.3 Å². The Morgan fingerprint density at radius 2 is 1.90 bits per heavy atom. The molecular formula is C18H26N6O5. The maximum atomic E-state index is 12.9. The minimum Gasteiger partial charge on any atom is -0.480 e. The van der Waals surface area contributed by atoms with Gasteiger partial charge >= 0.3 is 5.97 Å². The molecule has 3 unspecified atom stereocenters. The molecule has 2 aliphatic rings. The van der Waals surface area contributed by atoms with Gasteiger partial charge in [0.2, 0.25) is 17.7 Å². The van der Waals surface area contributed by atoms with E-state index < -0.39 is 30.0 Å². The van der Waals surface area contributed by atoms with Crippen molar-refractivity contribution < 1.29 is 24.3 Å². The Morgan fingerprint density at radius 3 is 2.55 bits per heavy atom. The number of H-pyrrole nitrogens is 1. The summed E-state index contributed by atoms with van der Waals surface area (Å²) in [6.07, 6.45) is 5.52. The fourth-order valence-electron chi connectivity index (χ4n) is 3.92. The second-order valence-electron chi connectivity index (χ2n) is 7.38. The van der Waals surface area contributed by atoms with Gasteiger partial charge in [-0.1, -0.05) is 0 Å². The van der Waals surface area contributed by atoms with E-state index in [4.69, 9.17) is 5.73 Å². The largest absolute Gasteiger partial charge is 0.480 e. The molecule has 3 atom stereocenters. The molecule has 5 N–H and O–H groups in total. The van der Waals surface area contributed by atoms with Crippen LogP contribution in [-0.2, 0) is 25.6 Å². The molecule has 3 heterocycles. The Morgan fingerprint density at radius 1 is 1.21 bits per heavy atom. The molecule has 158 valence electrons. The van der Waals surface area contributed by atoms with Crippen molar-refractivity contribution in [2.24, 2.45) is 5.73 Å². The molecule has 3 amide bonds. The number of amides is 3. The maximum Gasteiger partial charge on any atom is 0.326 e. The number of nitrogens with two attached hydrogens (primary N) is 1. The molecule has 0 radical (unpaired) electrons. The summed E-state index contributed by atoms with van der Waals surface area (Å²) in [5.74, 6) is -2.21. The van der Waals surface area contributed by atoms with Crippen molar-refractivity contribution >= 4 is 23.7 Å². The first-order chi connectivity index (χ1) is 13.9. The van der Waals surface area contributed by atoms with Crippen LogP contribution in [0.15, 0.2) is 12.5 Å². The summed E-state index contributed by atoms with van der Waals surface area (Å²) in [5, 5.41) is 11.8. The molecule has 11 nitrogen and oxygen atoms in total. The Kier molecular flexibility index (Phi) is 6.47. The second-order valence-corrected chi connectivity index (χ2v) is 7.38. The highest BCUT2D eigenvalue weighted by molar-refractivity contribution is 5.93. The number of nitrogens with one attached hydrogen (secondary N) is 2. The number of nitrogens with zero attached hydrogens (tertiary/aromatic N) is 3. The minimum absolute atomic E-state index is 0.260. The molecule has 2 saturated heterocycles. The standard InChI is InChI=1S/C18H26N6O5/c19-12(7-11-8-20-10-22-11)16(26)21-9-15(25)23-5-1-3-13(23)17(27)24-6-2-4-14(24)18(28)29/h8,10,12-14H,1-7,9,19H2,(H,20,22)(H,21,26)(H,28,29). The van der Waals surface area contributed by atoms with Crippen molar-refractivity contribution in [3.8, 4) is 0 Å². The lowest BCUT2D eigenvalue weighted by Crippen LogP contribution is -2.53. The Hall–Kier alpha value is -2.95. The van der Waals surface area contributed by atoms with Crippen LogP contribution in [0.25, 0.3) is 0 Å². The van der Waals surface area contributed by atoms with E-state index in [0.29, 0.717) is 44.5 Å². The number of carboxylic acids is 1. The van der Waals surface area contributed by atoms with E-state index in [-0.39, 0.29) is 24.8 Å². The minimum atomic E-state index is -1.02. The summed E-state index contributed by atoms with van der Waals surface area (Å²) in [5.41, 5.74) is 6.56. The zero-order valence-corrected chi connectivity index (χ0v) is 16.0. The van der Waals surface area contributed by atoms with E-state index in [1.54, 1.807) is 6.20 Å². The fourth-order valence-corrected chi connectivity index (χ4v) is 3.92. The van der Waals surface area contributed by atoms with Crippen molar-refractivity contribution in [3.05, 3.63) is 18.2 Å². The zero-order valence-electron chi connectivity index (χ0n) is 16.0. The van der Waals surface area contributed by atoms with Gasteiger partial charge in [0, 0.05) is 31.4 Å². The van der Waals surface area contributed by atoms with Gasteiger partial charge in [0.25, 0.3) is 0 Å². The third-order valence-corrected chi connectivity index (χ3v) is 5.42. The van der Waals surface area contributed by atoms with Crippen LogP contribution in [0.1, 0.15) is 31.4 Å². The molecule has 0 spiro atoms. The quantitative estimate of drug-likeness (QED) is 0.427. The molecular weight excluding hydrogens is 380 g/mol. The summed E-state index contributed by atoms with van der Waals surface area (Å²) in [6, 6.07) is -2.35. The zero-order chi connectivity index (χ0) is 21.0. The van der Waals surface area contributed by atoms with Gasteiger partial charge in [-0.25, -0.2) is 9.78 Å². The van der Waals surface area contributed by atoms with Crippen LogP contribution in [0.2, 0.25) is 0 Å². The number of likely N-dealkylation sites (tertiary alicyclic amines) is 2. The van der Waals surface area contributed by atoms with Crippen LogP contribution in [0.3, 0.4) is 0 Å². The number of carbonyl (C=O) groups excluding carboxylic acids is 3. The first-order valence-corrected chi connectivity index (χ1v) is 9.71. The van der Waals surface area contributed by atoms with Crippen LogP contribution in [0, 0.1) is 0 Å². The summed E-state index contributed by atoms with van der Waals surface area (Å²) >= 11 is 0. The van der Waals surface area contributed by atoms with Crippen molar-refractivity contribution in [1.82, 2.24) is 25.1 Å². The molecule has 2 fully saturated rings. The van der Waals surface area contributed by atoms with E-state index >= 15 is 0 Å². The number of aliphatic carboxylic acids is 1. The molecule has 1 aromatic rings. The van der Waals surface area contributed by atoms with Gasteiger partial charge in [-0.3, -0.25) is 14.4 Å². The fraction of sp³-hybridized carbons (Fsp3) is 0.611. The monoisotopic (exact) mass is 406 g/mol. The third-order valence-electron chi connectivity index (χ3n) is 5.42. The average Bonchev–Trinajstić information content (AvgIpc) is 3.45. The smallest absolute Gasteiger partial charge is 0.326 e. The van der Waals surface area contributed by atoms with E-state index in [2.05, 4.69) is 15.3 Å². The normalized spacial score (nSPS) is 22.5. The molecule has 0 bridgehead atoms. The second kappa shape index (κ2) is 9.03. The number of aromatic amines is 1. The van der Waals surface area contributed by atoms with Crippen molar-refractivity contribution in [1.29, 1.82) is 0 Å². The number of rotatable bonds is 7. The van der Waals surface area contributed by atoms with E-state index in [1.807, 2.05) is 0 Å². The van der Waals surface area contributed by atoms with Crippen LogP contribution in [0.5, 0.6) is 0 Å². The van der Waals surface area contributed by atoms with Gasteiger partial charge in [0.15, 0.2) is 0 Å². The molecule has 0 aromatic carbocycles. The first-order valence-electron chi connectivity index (χ1n) is 9.71. The number of hydrogen-bond donors (Lipinski definition) is 4. The highest BCUT2D eigenvalue weighted by Gasteiger charge is 2.42. The first kappa shape index (κ1) is 20.8. The lowest BCUT2D eigenvalue weighted by Gasteiger charge is -2.30. The Labute approximate surface area is 167 Å². The number of carbonyl (C=O) groups is 4. The summed E-state index contributed by atoms with van der Waals surface area (Å²) in [6.45, 7) is 0.520. The molecule has 2 aliphatic heterocycles. The van der Waals surface area contributed by atoms with Crippen molar-refractivity contribution in [3.63, 3.8) is 0 Å². The lowest BCUT2D eigenvalue weighted by molar-refractivity contribution is -0.151. The average molecular weight is 406 g/mol. The van der Waals surface area contributed by atoms with Gasteiger partial charge in [0.1, 0.15) is 12.1 Å². The predicted octanol–water partition coefficient (Wildman–Crippen LogP) is -1.54. The molecule has 11 heteroatoms. The van der Waals surface area contributed by atoms with E-state index in [0.717, 1.165) is 0 Å². The van der Waals surface area contributed by atoms with Gasteiger partial charge in [0.05, 0.1) is 18.9 Å². The highest BCUT2D eigenvalue weighted by Crippen LogP contribution is 2.25. The molecule has 29 heavy (non-hydrogen) atoms. The van der Waals surface area contributed by atoms with Crippen LogP contribution >= 0.6 is 0 Å². The molecule has 3 rings (SSSR count). The number of hydrogen-bond acceptors (Lipinski definition) is 6. The Balaban J connectivity index is 1.53. The van der Waals surface area contributed by atoms with Gasteiger partial charge in [-0.05, 0) is 25.7 Å².